The van der Waals surface area contributed by atoms with Gasteiger partial charge >= 0.3 is 6.18 Å². The van der Waals surface area contributed by atoms with E-state index in [0.29, 0.717) is 31.3 Å². The molecule has 1 fully saturated rings. The van der Waals surface area contributed by atoms with Crippen LogP contribution in [0, 0.1) is 5.82 Å². The molecule has 1 amide bonds. The summed E-state index contributed by atoms with van der Waals surface area (Å²) in [6, 6.07) is 6.41. The second kappa shape index (κ2) is 14.1. The molecule has 0 atom stereocenters. The van der Waals surface area contributed by atoms with Crippen LogP contribution >= 0.6 is 0 Å². The van der Waals surface area contributed by atoms with E-state index in [1.54, 1.807) is 7.11 Å². The molecule has 0 spiro atoms. The van der Waals surface area contributed by atoms with Crippen molar-refractivity contribution in [2.24, 2.45) is 10.7 Å². The molecule has 44 heavy (non-hydrogen) atoms. The lowest BCUT2D eigenvalue weighted by molar-refractivity contribution is -0.138. The average Bonchev–Trinajstić information content (AvgIpc) is 3.01. The van der Waals surface area contributed by atoms with Crippen LogP contribution < -0.4 is 26.0 Å². The van der Waals surface area contributed by atoms with E-state index in [1.165, 1.54) is 24.5 Å². The van der Waals surface area contributed by atoms with Gasteiger partial charge in [-0.1, -0.05) is 6.58 Å². The Morgan fingerprint density at radius 3 is 2.57 bits per heavy atom. The second-order valence-electron chi connectivity index (χ2n) is 9.63. The lowest BCUT2D eigenvalue weighted by Gasteiger charge is -2.34. The molecule has 2 heterocycles. The molecule has 0 radical (unpaired) electrons. The predicted octanol–water partition coefficient (Wildman–Crippen LogP) is 4.26. The molecule has 3 aromatic rings. The van der Waals surface area contributed by atoms with Crippen molar-refractivity contribution in [2.75, 3.05) is 69.1 Å². The van der Waals surface area contributed by atoms with Crippen LogP contribution in [0.1, 0.15) is 21.6 Å². The molecular formula is C29H32F4N8O3. The van der Waals surface area contributed by atoms with Crippen LogP contribution in [-0.4, -0.2) is 80.2 Å². The van der Waals surface area contributed by atoms with Crippen LogP contribution in [0.4, 0.5) is 40.6 Å². The van der Waals surface area contributed by atoms with Gasteiger partial charge in [-0.2, -0.15) is 13.2 Å². The number of anilines is 3. The van der Waals surface area contributed by atoms with E-state index in [1.807, 2.05) is 4.90 Å². The highest BCUT2D eigenvalue weighted by Gasteiger charge is 2.34. The van der Waals surface area contributed by atoms with Crippen LogP contribution in [-0.2, 0) is 10.9 Å². The molecule has 234 valence electrons. The summed E-state index contributed by atoms with van der Waals surface area (Å²) in [7, 11) is 2.77. The minimum absolute atomic E-state index is 0.0681. The third-order valence-electron chi connectivity index (χ3n) is 6.75. The van der Waals surface area contributed by atoms with E-state index in [4.69, 9.17) is 15.2 Å². The first kappa shape index (κ1) is 32.2. The summed E-state index contributed by atoms with van der Waals surface area (Å²) in [5.41, 5.74) is 5.31. The Labute approximate surface area is 251 Å². The zero-order valence-corrected chi connectivity index (χ0v) is 24.1. The number of rotatable bonds is 11. The third kappa shape index (κ3) is 7.79. The lowest BCUT2D eigenvalue weighted by atomic mass is 10.1. The fourth-order valence-corrected chi connectivity index (χ4v) is 4.46. The summed E-state index contributed by atoms with van der Waals surface area (Å²) in [6.45, 7) is 7.99. The van der Waals surface area contributed by atoms with E-state index in [-0.39, 0.29) is 28.5 Å². The van der Waals surface area contributed by atoms with E-state index in [9.17, 15) is 22.4 Å². The normalized spacial score (nSPS) is 14.3. The minimum atomic E-state index is -4.71. The quantitative estimate of drug-likeness (QED) is 0.164. The zero-order valence-electron chi connectivity index (χ0n) is 24.1. The van der Waals surface area contributed by atoms with Gasteiger partial charge in [-0.3, -0.25) is 9.69 Å². The molecule has 1 aliphatic rings. The Bertz CT molecular complexity index is 1520. The van der Waals surface area contributed by atoms with Gasteiger partial charge in [0.05, 0.1) is 31.2 Å². The van der Waals surface area contributed by atoms with Gasteiger partial charge in [0, 0.05) is 51.1 Å². The van der Waals surface area contributed by atoms with Gasteiger partial charge in [0.15, 0.2) is 5.84 Å². The Morgan fingerprint density at radius 1 is 1.16 bits per heavy atom. The molecule has 1 aliphatic heterocycles. The molecule has 1 saturated heterocycles. The van der Waals surface area contributed by atoms with E-state index in [0.717, 1.165) is 51.0 Å². The van der Waals surface area contributed by atoms with Crippen LogP contribution in [0.25, 0.3) is 0 Å². The summed E-state index contributed by atoms with van der Waals surface area (Å²) in [6.07, 6.45) is -1.79. The maximum absolute atomic E-state index is 14.8. The van der Waals surface area contributed by atoms with Crippen LogP contribution in [0.2, 0.25) is 0 Å². The van der Waals surface area contributed by atoms with Crippen molar-refractivity contribution in [2.45, 2.75) is 6.18 Å². The van der Waals surface area contributed by atoms with Crippen molar-refractivity contribution in [3.05, 3.63) is 78.0 Å². The number of hydrogen-bond acceptors (Lipinski definition) is 9. The van der Waals surface area contributed by atoms with Gasteiger partial charge in [0.1, 0.15) is 22.9 Å². The number of carbonyl (C=O) groups excluding carboxylic acids is 1. The largest absolute Gasteiger partial charge is 0.496 e. The molecule has 4 N–H and O–H groups in total. The Balaban J connectivity index is 1.58. The van der Waals surface area contributed by atoms with E-state index in [2.05, 4.69) is 37.1 Å². The maximum atomic E-state index is 14.8. The van der Waals surface area contributed by atoms with Crippen molar-refractivity contribution in [1.29, 1.82) is 0 Å². The molecule has 4 rings (SSSR count). The summed E-state index contributed by atoms with van der Waals surface area (Å²) in [5, 5.41) is 5.27. The van der Waals surface area contributed by atoms with Crippen molar-refractivity contribution in [3.8, 4) is 5.75 Å². The highest BCUT2D eigenvalue weighted by Crippen LogP contribution is 2.38. The fraction of sp³-hybridized carbons (Fsp3) is 0.310. The maximum Gasteiger partial charge on any atom is 0.420 e. The van der Waals surface area contributed by atoms with Gasteiger partial charge in [0.25, 0.3) is 5.91 Å². The van der Waals surface area contributed by atoms with Crippen molar-refractivity contribution in [1.82, 2.24) is 14.9 Å². The number of hydrogen-bond donors (Lipinski definition) is 3. The van der Waals surface area contributed by atoms with Crippen LogP contribution in [0.5, 0.6) is 5.75 Å². The van der Waals surface area contributed by atoms with Crippen molar-refractivity contribution in [3.63, 3.8) is 0 Å². The number of amides is 1. The van der Waals surface area contributed by atoms with E-state index < -0.39 is 29.2 Å². The van der Waals surface area contributed by atoms with Crippen molar-refractivity contribution < 1.29 is 31.8 Å². The first-order chi connectivity index (χ1) is 21.0. The predicted molar refractivity (Wildman–Crippen MR) is 159 cm³/mol. The van der Waals surface area contributed by atoms with Crippen LogP contribution in [0.15, 0.2) is 60.4 Å². The van der Waals surface area contributed by atoms with Crippen molar-refractivity contribution >= 4 is 34.8 Å². The van der Waals surface area contributed by atoms with Gasteiger partial charge < -0.3 is 30.7 Å². The molecule has 1 aromatic heterocycles. The Hall–Kier alpha value is -4.76. The summed E-state index contributed by atoms with van der Waals surface area (Å²) in [4.78, 5) is 30.4. The monoisotopic (exact) mass is 616 g/mol. The first-order valence-electron chi connectivity index (χ1n) is 13.5. The second-order valence-corrected chi connectivity index (χ2v) is 9.63. The minimum Gasteiger partial charge on any atom is -0.496 e. The SMILES string of the molecule is C=CNc1cnc(N2CCN(CCOC)CC2)nc1C(N)=Nc1cc(C(=O)Nc2ccc(OC)c(C(F)(F)F)c2)ccc1F. The number of benzene rings is 2. The Kier molecular flexibility index (Phi) is 10.3. The summed E-state index contributed by atoms with van der Waals surface area (Å²) >= 11 is 0. The van der Waals surface area contributed by atoms with E-state index >= 15 is 0 Å². The van der Waals surface area contributed by atoms with Gasteiger partial charge in [-0.25, -0.2) is 19.4 Å². The first-order valence-corrected chi connectivity index (χ1v) is 13.5. The van der Waals surface area contributed by atoms with Gasteiger partial charge in [0.2, 0.25) is 5.95 Å². The molecule has 0 saturated carbocycles. The number of methoxy groups -OCH3 is 2. The van der Waals surface area contributed by atoms with Gasteiger partial charge in [-0.05, 0) is 42.6 Å². The molecular weight excluding hydrogens is 584 g/mol. The number of halogens is 4. The number of amidine groups is 1. The Morgan fingerprint density at radius 2 is 1.91 bits per heavy atom. The number of carbonyl (C=O) groups is 1. The van der Waals surface area contributed by atoms with Crippen LogP contribution in [0.3, 0.4) is 0 Å². The fourth-order valence-electron chi connectivity index (χ4n) is 4.46. The number of nitrogens with zero attached hydrogens (tertiary/aromatic N) is 5. The number of alkyl halides is 3. The highest BCUT2D eigenvalue weighted by atomic mass is 19.4. The molecule has 11 nitrogen and oxygen atoms in total. The topological polar surface area (TPSA) is 130 Å². The molecule has 2 aromatic carbocycles. The average molecular weight is 617 g/mol. The number of ether oxygens (including phenoxy) is 2. The molecule has 0 bridgehead atoms. The summed E-state index contributed by atoms with van der Waals surface area (Å²) < 4.78 is 65.0. The standard InChI is InChI=1S/C29H32F4N8O3/c1-4-35-23-17-36-28(41-11-9-40(10-12-41)13-14-43-2)39-25(23)26(34)38-22-15-18(5-7-21(22)30)27(42)37-19-6-8-24(44-3)20(16-19)29(31,32)33/h4-8,15-17,35H,1,9-14H2,2-3H3,(H2,34,38)(H,37,42). The third-order valence-corrected chi connectivity index (χ3v) is 6.75. The van der Waals surface area contributed by atoms with Gasteiger partial charge in [-0.15, -0.1) is 0 Å². The highest BCUT2D eigenvalue weighted by molar-refractivity contribution is 6.06. The zero-order chi connectivity index (χ0) is 31.9. The summed E-state index contributed by atoms with van der Waals surface area (Å²) in [5.74, 6) is -1.73. The smallest absolute Gasteiger partial charge is 0.420 e. The lowest BCUT2D eigenvalue weighted by Crippen LogP contribution is -2.48. The molecule has 15 heteroatoms. The number of aliphatic imine (C=N–C) groups is 1. The number of aromatic nitrogens is 2. The molecule has 0 unspecified atom stereocenters. The molecule has 0 aliphatic carbocycles. The number of piperazine rings is 1. The number of nitrogens with one attached hydrogen (secondary N) is 2. The number of nitrogens with two attached hydrogens (primary N) is 1.